The van der Waals surface area contributed by atoms with Crippen LogP contribution in [0.5, 0.6) is 23.0 Å². The van der Waals surface area contributed by atoms with Gasteiger partial charge in [0.2, 0.25) is 0 Å². The van der Waals surface area contributed by atoms with Gasteiger partial charge in [-0.05, 0) is 103 Å². The Morgan fingerprint density at radius 2 is 0.986 bits per heavy atom. The summed E-state index contributed by atoms with van der Waals surface area (Å²) in [6.07, 6.45) is -1.76. The van der Waals surface area contributed by atoms with Gasteiger partial charge >= 0.3 is 18.2 Å². The van der Waals surface area contributed by atoms with Crippen LogP contribution in [-0.2, 0) is 6.18 Å². The van der Waals surface area contributed by atoms with Crippen molar-refractivity contribution in [1.82, 2.24) is 30.6 Å². The van der Waals surface area contributed by atoms with Crippen molar-refractivity contribution in [2.24, 2.45) is 0 Å². The molecule has 2 aromatic heterocycles. The number of hydrogen-bond donors (Lipinski definition) is 4. The number of halogens is 6. The predicted octanol–water partition coefficient (Wildman–Crippen LogP) is 10.6. The molecule has 0 atom stereocenters. The number of aromatic nitrogens is 4. The number of anilines is 6. The Morgan fingerprint density at radius 3 is 1.44 bits per heavy atom. The first kappa shape index (κ1) is 48.2. The Balaban J connectivity index is 0.908. The van der Waals surface area contributed by atoms with Gasteiger partial charge in [0.05, 0.1) is 56.4 Å². The van der Waals surface area contributed by atoms with E-state index < -0.39 is 41.1 Å². The molecule has 8 aromatic rings. The first-order valence-electron chi connectivity index (χ1n) is 22.9. The number of carbonyl (C=O) groups excluding carboxylic acids is 2. The average molecular weight is 1020 g/mol. The predicted molar refractivity (Wildman–Crippen MR) is 268 cm³/mol. The number of rotatable bonds is 10. The lowest BCUT2D eigenvalue weighted by molar-refractivity contribution is -0.139. The molecule has 2 aliphatic heterocycles. The summed E-state index contributed by atoms with van der Waals surface area (Å²) in [7, 11) is 0. The molecular weight excluding hydrogens is 975 g/mol. The maximum absolute atomic E-state index is 15.2. The zero-order valence-corrected chi connectivity index (χ0v) is 39.1. The van der Waals surface area contributed by atoms with E-state index in [4.69, 9.17) is 31.0 Å². The second kappa shape index (κ2) is 20.7. The van der Waals surface area contributed by atoms with Crippen molar-refractivity contribution in [3.63, 3.8) is 0 Å². The summed E-state index contributed by atoms with van der Waals surface area (Å²) in [5.74, 6) is 0.408. The Morgan fingerprint density at radius 1 is 0.548 bits per heavy atom. The second-order valence-corrected chi connectivity index (χ2v) is 17.1. The third-order valence-corrected chi connectivity index (χ3v) is 12.1. The van der Waals surface area contributed by atoms with Crippen LogP contribution in [0.25, 0.3) is 22.1 Å². The SMILES string of the molecule is O=C(Nc1ccc(Oc2ccc3ncc(N4CCNCC4)nc3c2)cc1)N(c1ccc(Cl)c(F)c1)N(C(=O)Nc1ccc(Oc2ccc3ncc(N4CCNCC4)nc3c2)cc1)c1ccc(F)c(C(F)(F)F)c1. The first-order chi connectivity index (χ1) is 35.3. The second-order valence-electron chi connectivity index (χ2n) is 16.7. The van der Waals surface area contributed by atoms with Gasteiger partial charge in [0.25, 0.3) is 0 Å². The molecule has 372 valence electrons. The normalized spacial score (nSPS) is 13.9. The molecule has 0 radical (unpaired) electrons. The van der Waals surface area contributed by atoms with E-state index in [-0.39, 0.29) is 22.1 Å². The molecule has 0 spiro atoms. The molecule has 2 saturated heterocycles. The third-order valence-electron chi connectivity index (χ3n) is 11.8. The highest BCUT2D eigenvalue weighted by molar-refractivity contribution is 6.30. The number of piperazine rings is 2. The van der Waals surface area contributed by atoms with Crippen molar-refractivity contribution < 1.29 is 41.0 Å². The van der Waals surface area contributed by atoms with E-state index in [2.05, 4.69) is 41.0 Å². The maximum Gasteiger partial charge on any atom is 0.419 e. The van der Waals surface area contributed by atoms with Crippen molar-refractivity contribution in [3.8, 4) is 23.0 Å². The lowest BCUT2D eigenvalue weighted by Crippen LogP contribution is -2.54. The molecular formula is C51H42ClF5N12O4. The van der Waals surface area contributed by atoms with E-state index in [9.17, 15) is 27.2 Å². The molecule has 0 aliphatic carbocycles. The van der Waals surface area contributed by atoms with Gasteiger partial charge < -0.3 is 40.5 Å². The Bertz CT molecular complexity index is 3330. The van der Waals surface area contributed by atoms with Crippen LogP contribution in [0.1, 0.15) is 5.56 Å². The van der Waals surface area contributed by atoms with E-state index in [0.717, 1.165) is 82.2 Å². The summed E-state index contributed by atoms with van der Waals surface area (Å²) in [5.41, 5.74) is 0.0830. The third kappa shape index (κ3) is 11.1. The van der Waals surface area contributed by atoms with Crippen LogP contribution in [0.15, 0.2) is 134 Å². The number of carbonyl (C=O) groups is 2. The monoisotopic (exact) mass is 1020 g/mol. The number of fused-ring (bicyclic) bond motifs is 2. The summed E-state index contributed by atoms with van der Waals surface area (Å²) >= 11 is 6.02. The van der Waals surface area contributed by atoms with Crippen molar-refractivity contribution in [3.05, 3.63) is 156 Å². The number of ether oxygens (including phenoxy) is 2. The van der Waals surface area contributed by atoms with Crippen LogP contribution in [-0.4, -0.2) is 84.4 Å². The molecule has 0 unspecified atom stereocenters. The van der Waals surface area contributed by atoms with Crippen LogP contribution >= 0.6 is 11.6 Å². The number of nitrogens with zero attached hydrogens (tertiary/aromatic N) is 8. The standard InChI is InChI=1S/C51H42ClF5N12O4/c52-40-13-5-34(26-42(40)54)69(50(71)63-32-3-9-36(10-4-32)73-38-12-16-44-46(28-38)65-48(30-61-44)67-23-19-59-20-24-67)68(33-6-14-41(53)39(25-33)51(55,56)57)49(70)62-31-1-7-35(8-2-31)72-37-11-15-43-45(27-37)64-47(29-60-43)66-21-17-58-18-22-66/h1-16,25-30,58-59H,17-24H2,(H,62,70)(H,63,71). The number of benzene rings is 6. The quantitative estimate of drug-likeness (QED) is 0.0758. The summed E-state index contributed by atoms with van der Waals surface area (Å²) in [5, 5.41) is 12.6. The fraction of sp³-hybridized carbons (Fsp3) is 0.176. The maximum atomic E-state index is 15.2. The molecule has 6 aromatic carbocycles. The van der Waals surface area contributed by atoms with Gasteiger partial charge in [-0.15, -0.1) is 0 Å². The highest BCUT2D eigenvalue weighted by atomic mass is 35.5. The van der Waals surface area contributed by atoms with Crippen LogP contribution < -0.4 is 50.6 Å². The summed E-state index contributed by atoms with van der Waals surface area (Å²) in [6.45, 7) is 6.48. The lowest BCUT2D eigenvalue weighted by atomic mass is 10.1. The van der Waals surface area contributed by atoms with Crippen molar-refractivity contribution in [2.75, 3.05) is 82.8 Å². The molecule has 0 bridgehead atoms. The molecule has 0 saturated carbocycles. The van der Waals surface area contributed by atoms with Crippen LogP contribution in [0.2, 0.25) is 5.02 Å². The zero-order valence-electron chi connectivity index (χ0n) is 38.3. The molecule has 2 aliphatic rings. The van der Waals surface area contributed by atoms with E-state index >= 15 is 4.39 Å². The minimum absolute atomic E-state index is 0.0993. The molecule has 73 heavy (non-hydrogen) atoms. The number of hydrogen-bond acceptors (Lipinski definition) is 12. The van der Waals surface area contributed by atoms with Gasteiger partial charge in [-0.25, -0.2) is 28.3 Å². The summed E-state index contributed by atoms with van der Waals surface area (Å²) < 4.78 is 85.0. The number of hydrazine groups is 1. The average Bonchev–Trinajstić information content (AvgIpc) is 3.40. The number of amides is 4. The number of urea groups is 2. The highest BCUT2D eigenvalue weighted by Crippen LogP contribution is 2.37. The van der Waals surface area contributed by atoms with Crippen LogP contribution in [0.4, 0.5) is 65.9 Å². The molecule has 22 heteroatoms. The van der Waals surface area contributed by atoms with E-state index in [1.54, 1.807) is 60.9 Å². The van der Waals surface area contributed by atoms with Gasteiger partial charge in [-0.1, -0.05) is 11.6 Å². The van der Waals surface area contributed by atoms with E-state index in [0.29, 0.717) is 67.2 Å². The van der Waals surface area contributed by atoms with E-state index in [1.165, 1.54) is 42.5 Å². The minimum atomic E-state index is -5.22. The molecule has 4 heterocycles. The van der Waals surface area contributed by atoms with Crippen molar-refractivity contribution >= 4 is 80.1 Å². The fourth-order valence-corrected chi connectivity index (χ4v) is 8.26. The Kier molecular flexibility index (Phi) is 13.7. The van der Waals surface area contributed by atoms with Gasteiger partial charge in [-0.3, -0.25) is 9.97 Å². The lowest BCUT2D eigenvalue weighted by Gasteiger charge is -2.35. The minimum Gasteiger partial charge on any atom is -0.457 e. The number of alkyl halides is 3. The van der Waals surface area contributed by atoms with Crippen molar-refractivity contribution in [2.45, 2.75) is 6.18 Å². The van der Waals surface area contributed by atoms with Crippen LogP contribution in [0.3, 0.4) is 0 Å². The van der Waals surface area contributed by atoms with Gasteiger partial charge in [0.15, 0.2) is 0 Å². The largest absolute Gasteiger partial charge is 0.457 e. The zero-order chi connectivity index (χ0) is 50.6. The molecule has 10 rings (SSSR count). The first-order valence-corrected chi connectivity index (χ1v) is 23.2. The van der Waals surface area contributed by atoms with Crippen molar-refractivity contribution in [1.29, 1.82) is 0 Å². The Hall–Kier alpha value is -8.40. The fourth-order valence-electron chi connectivity index (χ4n) is 8.15. The van der Waals surface area contributed by atoms with Crippen LogP contribution in [0, 0.1) is 11.6 Å². The Labute approximate surface area is 418 Å². The molecule has 4 N–H and O–H groups in total. The topological polar surface area (TPSA) is 165 Å². The smallest absolute Gasteiger partial charge is 0.419 e. The molecule has 16 nitrogen and oxygen atoms in total. The number of nitrogens with one attached hydrogen (secondary N) is 4. The summed E-state index contributed by atoms with van der Waals surface area (Å²) in [4.78, 5) is 52.0. The molecule has 4 amide bonds. The molecule has 2 fully saturated rings. The van der Waals surface area contributed by atoms with E-state index in [1.807, 2.05) is 0 Å². The summed E-state index contributed by atoms with van der Waals surface area (Å²) in [6, 6.07) is 24.9. The van der Waals surface area contributed by atoms with Gasteiger partial charge in [0, 0.05) is 81.9 Å². The van der Waals surface area contributed by atoms with Gasteiger partial charge in [-0.2, -0.15) is 23.2 Å². The van der Waals surface area contributed by atoms with Gasteiger partial charge in [0.1, 0.15) is 46.3 Å². The highest BCUT2D eigenvalue weighted by Gasteiger charge is 2.37.